The van der Waals surface area contributed by atoms with Gasteiger partial charge in [0.1, 0.15) is 17.3 Å². The highest BCUT2D eigenvalue weighted by molar-refractivity contribution is 6.31. The molecule has 102 valence electrons. The molecule has 3 aromatic rings. The Balaban J connectivity index is 2.27. The van der Waals surface area contributed by atoms with Crippen LogP contribution in [0.5, 0.6) is 11.5 Å². The van der Waals surface area contributed by atoms with E-state index in [1.54, 1.807) is 31.4 Å². The third kappa shape index (κ3) is 1.98. The molecule has 0 amide bonds. The first-order valence-electron chi connectivity index (χ1n) is 6.09. The van der Waals surface area contributed by atoms with Crippen molar-refractivity contribution in [1.82, 2.24) is 9.55 Å². The van der Waals surface area contributed by atoms with E-state index in [4.69, 9.17) is 16.3 Å². The molecule has 0 aliphatic carbocycles. The fourth-order valence-corrected chi connectivity index (χ4v) is 2.39. The number of phenolic OH excluding ortho intramolecular Hbond substituents is 1. The number of halogens is 1. The molecule has 3 rings (SSSR count). The number of benzene rings is 2. The van der Waals surface area contributed by atoms with Gasteiger partial charge in [0, 0.05) is 12.1 Å². The number of aromatic hydroxyl groups is 1. The smallest absolute Gasteiger partial charge is 0.144 e. The molecule has 1 heterocycles. The van der Waals surface area contributed by atoms with Crippen molar-refractivity contribution < 1.29 is 9.84 Å². The van der Waals surface area contributed by atoms with Gasteiger partial charge in [0.05, 0.1) is 23.7 Å². The monoisotopic (exact) mass is 288 g/mol. The average molecular weight is 289 g/mol. The maximum atomic E-state index is 10.1. The Labute approximate surface area is 121 Å². The van der Waals surface area contributed by atoms with Gasteiger partial charge < -0.3 is 14.4 Å². The van der Waals surface area contributed by atoms with Gasteiger partial charge in [-0.3, -0.25) is 0 Å². The predicted octanol–water partition coefficient (Wildman–Crippen LogP) is 3.61. The van der Waals surface area contributed by atoms with Crippen LogP contribution in [0, 0.1) is 0 Å². The Bertz CT molecular complexity index is 796. The molecular formula is C15H13ClN2O2. The lowest BCUT2D eigenvalue weighted by molar-refractivity contribution is 0.412. The molecule has 0 bridgehead atoms. The van der Waals surface area contributed by atoms with Crippen molar-refractivity contribution in [3.8, 4) is 22.9 Å². The van der Waals surface area contributed by atoms with Crippen LogP contribution in [0.4, 0.5) is 0 Å². The SMILES string of the molecule is COc1ccc(O)c(-c2nc3ccc(Cl)cc3n2C)c1. The number of phenols is 1. The highest BCUT2D eigenvalue weighted by Crippen LogP contribution is 2.33. The third-order valence-electron chi connectivity index (χ3n) is 3.29. The Hall–Kier alpha value is -2.20. The fraction of sp³-hybridized carbons (Fsp3) is 0.133. The molecule has 5 heteroatoms. The summed E-state index contributed by atoms with van der Waals surface area (Å²) in [4.78, 5) is 4.55. The van der Waals surface area contributed by atoms with Crippen LogP contribution in [-0.4, -0.2) is 21.8 Å². The molecule has 0 spiro atoms. The Kier molecular flexibility index (Phi) is 3.03. The Morgan fingerprint density at radius 3 is 2.75 bits per heavy atom. The minimum atomic E-state index is 0.162. The van der Waals surface area contributed by atoms with Gasteiger partial charge in [0.2, 0.25) is 0 Å². The normalized spacial score (nSPS) is 10.9. The van der Waals surface area contributed by atoms with Gasteiger partial charge in [-0.1, -0.05) is 11.6 Å². The maximum absolute atomic E-state index is 10.1. The third-order valence-corrected chi connectivity index (χ3v) is 3.52. The largest absolute Gasteiger partial charge is 0.507 e. The van der Waals surface area contributed by atoms with Crippen molar-refractivity contribution >= 4 is 22.6 Å². The van der Waals surface area contributed by atoms with Crippen molar-refractivity contribution in [3.63, 3.8) is 0 Å². The summed E-state index contributed by atoms with van der Waals surface area (Å²) in [5, 5.41) is 10.7. The minimum Gasteiger partial charge on any atom is -0.507 e. The van der Waals surface area contributed by atoms with Gasteiger partial charge in [-0.15, -0.1) is 0 Å². The van der Waals surface area contributed by atoms with Crippen LogP contribution in [0.2, 0.25) is 5.02 Å². The highest BCUT2D eigenvalue weighted by atomic mass is 35.5. The molecule has 4 nitrogen and oxygen atoms in total. The van der Waals surface area contributed by atoms with Crippen molar-refractivity contribution in [2.75, 3.05) is 7.11 Å². The number of hydrogen-bond donors (Lipinski definition) is 1. The van der Waals surface area contributed by atoms with Crippen LogP contribution in [-0.2, 0) is 7.05 Å². The van der Waals surface area contributed by atoms with Crippen LogP contribution in [0.25, 0.3) is 22.4 Å². The first kappa shape index (κ1) is 12.8. The molecule has 0 aliphatic heterocycles. The molecule has 0 unspecified atom stereocenters. The number of rotatable bonds is 2. The molecule has 0 atom stereocenters. The minimum absolute atomic E-state index is 0.162. The second-order valence-corrected chi connectivity index (χ2v) is 4.95. The van der Waals surface area contributed by atoms with Gasteiger partial charge in [-0.05, 0) is 36.4 Å². The molecule has 0 aliphatic rings. The van der Waals surface area contributed by atoms with Crippen LogP contribution in [0.3, 0.4) is 0 Å². The lowest BCUT2D eigenvalue weighted by Crippen LogP contribution is -1.93. The number of nitrogens with zero attached hydrogens (tertiary/aromatic N) is 2. The standard InChI is InChI=1S/C15H13ClN2O2/c1-18-13-7-9(16)3-5-12(13)17-15(18)11-8-10(20-2)4-6-14(11)19/h3-8,19H,1-2H3. The summed E-state index contributed by atoms with van der Waals surface area (Å²) >= 11 is 6.01. The van der Waals surface area contributed by atoms with E-state index in [1.165, 1.54) is 0 Å². The van der Waals surface area contributed by atoms with E-state index < -0.39 is 0 Å². The molecule has 1 N–H and O–H groups in total. The quantitative estimate of drug-likeness (QED) is 0.783. The molecule has 1 aromatic heterocycles. The van der Waals surface area contributed by atoms with E-state index in [-0.39, 0.29) is 5.75 Å². The lowest BCUT2D eigenvalue weighted by atomic mass is 10.2. The zero-order valence-corrected chi connectivity index (χ0v) is 11.8. The fourth-order valence-electron chi connectivity index (χ4n) is 2.23. The van der Waals surface area contributed by atoms with E-state index in [0.717, 1.165) is 11.0 Å². The summed E-state index contributed by atoms with van der Waals surface area (Å²) in [6.45, 7) is 0. The van der Waals surface area contributed by atoms with Crippen LogP contribution in [0.15, 0.2) is 36.4 Å². The number of ether oxygens (including phenoxy) is 1. The van der Waals surface area contributed by atoms with Gasteiger partial charge in [0.15, 0.2) is 0 Å². The summed E-state index contributed by atoms with van der Waals surface area (Å²) in [6, 6.07) is 10.6. The summed E-state index contributed by atoms with van der Waals surface area (Å²) in [6.07, 6.45) is 0. The number of fused-ring (bicyclic) bond motifs is 1. The summed E-state index contributed by atoms with van der Waals surface area (Å²) in [5.74, 6) is 1.50. The zero-order valence-electron chi connectivity index (χ0n) is 11.1. The van der Waals surface area contributed by atoms with E-state index >= 15 is 0 Å². The van der Waals surface area contributed by atoms with Crippen LogP contribution < -0.4 is 4.74 Å². The highest BCUT2D eigenvalue weighted by Gasteiger charge is 2.14. The molecule has 0 radical (unpaired) electrons. The van der Waals surface area contributed by atoms with E-state index in [1.807, 2.05) is 23.7 Å². The lowest BCUT2D eigenvalue weighted by Gasteiger charge is -2.07. The average Bonchev–Trinajstić information content (AvgIpc) is 2.77. The summed E-state index contributed by atoms with van der Waals surface area (Å²) in [5.41, 5.74) is 2.36. The van der Waals surface area contributed by atoms with Crippen LogP contribution >= 0.6 is 11.6 Å². The zero-order chi connectivity index (χ0) is 14.3. The van der Waals surface area contributed by atoms with E-state index in [9.17, 15) is 5.11 Å². The summed E-state index contributed by atoms with van der Waals surface area (Å²) < 4.78 is 7.09. The van der Waals surface area contributed by atoms with Crippen molar-refractivity contribution in [2.45, 2.75) is 0 Å². The Morgan fingerprint density at radius 2 is 2.00 bits per heavy atom. The van der Waals surface area contributed by atoms with Gasteiger partial charge in [0.25, 0.3) is 0 Å². The number of imidazole rings is 1. The maximum Gasteiger partial charge on any atom is 0.144 e. The van der Waals surface area contributed by atoms with Crippen LogP contribution in [0.1, 0.15) is 0 Å². The topological polar surface area (TPSA) is 47.3 Å². The molecule has 0 fully saturated rings. The second kappa shape index (κ2) is 4.72. The second-order valence-electron chi connectivity index (χ2n) is 4.51. The van der Waals surface area contributed by atoms with E-state index in [2.05, 4.69) is 4.98 Å². The Morgan fingerprint density at radius 1 is 1.20 bits per heavy atom. The van der Waals surface area contributed by atoms with Gasteiger partial charge >= 0.3 is 0 Å². The van der Waals surface area contributed by atoms with Gasteiger partial charge in [-0.2, -0.15) is 0 Å². The molecule has 20 heavy (non-hydrogen) atoms. The van der Waals surface area contributed by atoms with Crippen molar-refractivity contribution in [2.24, 2.45) is 7.05 Å². The number of aromatic nitrogens is 2. The number of hydrogen-bond acceptors (Lipinski definition) is 3. The first-order chi connectivity index (χ1) is 9.60. The molecule has 2 aromatic carbocycles. The number of aryl methyl sites for hydroxylation is 1. The summed E-state index contributed by atoms with van der Waals surface area (Å²) in [7, 11) is 3.48. The van der Waals surface area contributed by atoms with Crippen molar-refractivity contribution in [1.29, 1.82) is 0 Å². The van der Waals surface area contributed by atoms with Gasteiger partial charge in [-0.25, -0.2) is 4.98 Å². The number of methoxy groups -OCH3 is 1. The molecule has 0 saturated heterocycles. The van der Waals surface area contributed by atoms with Crippen molar-refractivity contribution in [3.05, 3.63) is 41.4 Å². The molecule has 0 saturated carbocycles. The van der Waals surface area contributed by atoms with E-state index in [0.29, 0.717) is 22.2 Å². The first-order valence-corrected chi connectivity index (χ1v) is 6.47. The molecular weight excluding hydrogens is 276 g/mol. The predicted molar refractivity (Wildman–Crippen MR) is 79.4 cm³/mol.